The molecule has 0 aromatic heterocycles. The summed E-state index contributed by atoms with van der Waals surface area (Å²) in [6.07, 6.45) is -0.425. The van der Waals surface area contributed by atoms with Crippen LogP contribution in [0.5, 0.6) is 5.75 Å². The van der Waals surface area contributed by atoms with E-state index in [-0.39, 0.29) is 18.5 Å². The van der Waals surface area contributed by atoms with E-state index >= 15 is 0 Å². The van der Waals surface area contributed by atoms with Crippen LogP contribution in [0.1, 0.15) is 24.2 Å². The van der Waals surface area contributed by atoms with Crippen LogP contribution in [0, 0.1) is 5.82 Å². The van der Waals surface area contributed by atoms with Crippen LogP contribution in [0.25, 0.3) is 0 Å². The summed E-state index contributed by atoms with van der Waals surface area (Å²) in [4.78, 5) is 0. The standard InChI is InChI=1S/C16H18FNO2/c1-11(18)16(13-3-2-4-14(17)9-13)20-15-7-5-12(10-19)6-8-15/h2-9,11,16,19H,10,18H2,1H3. The summed E-state index contributed by atoms with van der Waals surface area (Å²) in [5, 5.41) is 9.00. The normalized spacial score (nSPS) is 13.8. The highest BCUT2D eigenvalue weighted by Gasteiger charge is 2.18. The largest absolute Gasteiger partial charge is 0.484 e. The van der Waals surface area contributed by atoms with Crippen molar-refractivity contribution in [3.05, 3.63) is 65.5 Å². The minimum Gasteiger partial charge on any atom is -0.484 e. The summed E-state index contributed by atoms with van der Waals surface area (Å²) in [5.41, 5.74) is 7.44. The van der Waals surface area contributed by atoms with Crippen LogP contribution >= 0.6 is 0 Å². The third-order valence-electron chi connectivity index (χ3n) is 3.02. The predicted molar refractivity (Wildman–Crippen MR) is 75.8 cm³/mol. The fourth-order valence-corrected chi connectivity index (χ4v) is 1.98. The lowest BCUT2D eigenvalue weighted by Gasteiger charge is -2.23. The van der Waals surface area contributed by atoms with Crippen molar-refractivity contribution in [2.45, 2.75) is 25.7 Å². The number of ether oxygens (including phenoxy) is 1. The molecule has 3 N–H and O–H groups in total. The minimum absolute atomic E-state index is 0.0130. The topological polar surface area (TPSA) is 55.5 Å². The number of aliphatic hydroxyl groups excluding tert-OH is 1. The molecule has 0 aliphatic rings. The van der Waals surface area contributed by atoms with Crippen LogP contribution in [0.3, 0.4) is 0 Å². The molecule has 2 aromatic carbocycles. The first kappa shape index (κ1) is 14.5. The third-order valence-corrected chi connectivity index (χ3v) is 3.02. The number of hydrogen-bond donors (Lipinski definition) is 2. The third kappa shape index (κ3) is 3.56. The van der Waals surface area contributed by atoms with Gasteiger partial charge in [0.15, 0.2) is 0 Å². The molecule has 2 atom stereocenters. The van der Waals surface area contributed by atoms with Gasteiger partial charge in [0, 0.05) is 6.04 Å². The summed E-state index contributed by atoms with van der Waals surface area (Å²) in [6, 6.07) is 13.0. The van der Waals surface area contributed by atoms with Crippen molar-refractivity contribution in [2.24, 2.45) is 5.73 Å². The Labute approximate surface area is 117 Å². The monoisotopic (exact) mass is 275 g/mol. The van der Waals surface area contributed by atoms with Crippen LogP contribution in [0.15, 0.2) is 48.5 Å². The molecule has 0 aliphatic carbocycles. The molecule has 2 unspecified atom stereocenters. The van der Waals surface area contributed by atoms with Crippen molar-refractivity contribution >= 4 is 0 Å². The van der Waals surface area contributed by atoms with Crippen molar-refractivity contribution in [3.8, 4) is 5.75 Å². The number of nitrogens with two attached hydrogens (primary N) is 1. The molecule has 20 heavy (non-hydrogen) atoms. The molecule has 0 bridgehead atoms. The first-order valence-corrected chi connectivity index (χ1v) is 6.47. The first-order chi connectivity index (χ1) is 9.60. The maximum Gasteiger partial charge on any atom is 0.139 e. The van der Waals surface area contributed by atoms with Gasteiger partial charge in [0.2, 0.25) is 0 Å². The number of aliphatic hydroxyl groups is 1. The van der Waals surface area contributed by atoms with Crippen molar-refractivity contribution in [1.82, 2.24) is 0 Å². The highest BCUT2D eigenvalue weighted by atomic mass is 19.1. The van der Waals surface area contributed by atoms with Crippen LogP contribution in [-0.2, 0) is 6.61 Å². The fourth-order valence-electron chi connectivity index (χ4n) is 1.98. The Hall–Kier alpha value is -1.91. The Kier molecular flexibility index (Phi) is 4.71. The Morgan fingerprint density at radius 3 is 2.45 bits per heavy atom. The zero-order valence-corrected chi connectivity index (χ0v) is 11.3. The second kappa shape index (κ2) is 6.50. The van der Waals surface area contributed by atoms with Crippen LogP contribution < -0.4 is 10.5 Å². The zero-order valence-electron chi connectivity index (χ0n) is 11.3. The number of benzene rings is 2. The maximum atomic E-state index is 13.3. The SMILES string of the molecule is CC(N)C(Oc1ccc(CO)cc1)c1cccc(F)c1. The minimum atomic E-state index is -0.425. The van der Waals surface area contributed by atoms with Crippen molar-refractivity contribution in [3.63, 3.8) is 0 Å². The van der Waals surface area contributed by atoms with Gasteiger partial charge in [-0.15, -0.1) is 0 Å². The summed E-state index contributed by atoms with van der Waals surface area (Å²) in [5.74, 6) is 0.320. The maximum absolute atomic E-state index is 13.3. The molecule has 0 heterocycles. The molecular weight excluding hydrogens is 257 g/mol. The lowest BCUT2D eigenvalue weighted by Crippen LogP contribution is -2.29. The van der Waals surface area contributed by atoms with Crippen molar-refractivity contribution in [1.29, 1.82) is 0 Å². The van der Waals surface area contributed by atoms with E-state index in [1.165, 1.54) is 12.1 Å². The van der Waals surface area contributed by atoms with E-state index in [1.54, 1.807) is 36.4 Å². The van der Waals surface area contributed by atoms with Crippen LogP contribution in [0.4, 0.5) is 4.39 Å². The van der Waals surface area contributed by atoms with Crippen LogP contribution in [-0.4, -0.2) is 11.1 Å². The molecule has 106 valence electrons. The van der Waals surface area contributed by atoms with E-state index in [9.17, 15) is 4.39 Å². The summed E-state index contributed by atoms with van der Waals surface area (Å²) >= 11 is 0. The molecule has 0 amide bonds. The molecule has 0 radical (unpaired) electrons. The highest BCUT2D eigenvalue weighted by molar-refractivity contribution is 5.29. The van der Waals surface area contributed by atoms with Gasteiger partial charge in [-0.05, 0) is 42.3 Å². The van der Waals surface area contributed by atoms with Gasteiger partial charge in [0.1, 0.15) is 17.7 Å². The number of halogens is 1. The molecule has 0 spiro atoms. The van der Waals surface area contributed by atoms with E-state index in [0.717, 1.165) is 5.56 Å². The van der Waals surface area contributed by atoms with Gasteiger partial charge in [0.05, 0.1) is 6.61 Å². The van der Waals surface area contributed by atoms with E-state index < -0.39 is 6.10 Å². The van der Waals surface area contributed by atoms with Gasteiger partial charge >= 0.3 is 0 Å². The quantitative estimate of drug-likeness (QED) is 0.882. The Morgan fingerprint density at radius 1 is 1.20 bits per heavy atom. The van der Waals surface area contributed by atoms with Gasteiger partial charge in [0.25, 0.3) is 0 Å². The van der Waals surface area contributed by atoms with E-state index in [0.29, 0.717) is 11.3 Å². The second-order valence-corrected chi connectivity index (χ2v) is 4.75. The Morgan fingerprint density at radius 2 is 1.90 bits per heavy atom. The molecule has 4 heteroatoms. The van der Waals surface area contributed by atoms with Gasteiger partial charge in [-0.3, -0.25) is 0 Å². The summed E-state index contributed by atoms with van der Waals surface area (Å²) in [7, 11) is 0. The molecule has 3 nitrogen and oxygen atoms in total. The average Bonchev–Trinajstić information content (AvgIpc) is 2.45. The van der Waals surface area contributed by atoms with Gasteiger partial charge in [-0.1, -0.05) is 24.3 Å². The molecule has 2 aromatic rings. The van der Waals surface area contributed by atoms with E-state index in [2.05, 4.69) is 0 Å². The molecule has 0 aliphatic heterocycles. The van der Waals surface area contributed by atoms with Crippen molar-refractivity contribution < 1.29 is 14.2 Å². The van der Waals surface area contributed by atoms with E-state index in [1.807, 2.05) is 6.92 Å². The first-order valence-electron chi connectivity index (χ1n) is 6.47. The predicted octanol–water partition coefficient (Wildman–Crippen LogP) is 2.79. The Bertz CT molecular complexity index is 555. The Balaban J connectivity index is 2.21. The molecule has 0 saturated heterocycles. The highest BCUT2D eigenvalue weighted by Crippen LogP contribution is 2.25. The summed E-state index contributed by atoms with van der Waals surface area (Å²) in [6.45, 7) is 1.80. The zero-order chi connectivity index (χ0) is 14.5. The summed E-state index contributed by atoms with van der Waals surface area (Å²) < 4.78 is 19.1. The molecular formula is C16H18FNO2. The smallest absolute Gasteiger partial charge is 0.139 e. The number of hydrogen-bond acceptors (Lipinski definition) is 3. The molecule has 0 fully saturated rings. The number of rotatable bonds is 5. The van der Waals surface area contributed by atoms with Gasteiger partial charge in [-0.2, -0.15) is 0 Å². The van der Waals surface area contributed by atoms with Gasteiger partial charge < -0.3 is 15.6 Å². The molecule has 0 saturated carbocycles. The van der Waals surface area contributed by atoms with Crippen molar-refractivity contribution in [2.75, 3.05) is 0 Å². The average molecular weight is 275 g/mol. The lowest BCUT2D eigenvalue weighted by molar-refractivity contribution is 0.180. The molecule has 2 rings (SSSR count). The van der Waals surface area contributed by atoms with Crippen LogP contribution in [0.2, 0.25) is 0 Å². The van der Waals surface area contributed by atoms with E-state index in [4.69, 9.17) is 15.6 Å². The fraction of sp³-hybridized carbons (Fsp3) is 0.250. The van der Waals surface area contributed by atoms with Gasteiger partial charge in [-0.25, -0.2) is 4.39 Å². The lowest BCUT2D eigenvalue weighted by atomic mass is 10.0. The second-order valence-electron chi connectivity index (χ2n) is 4.75.